The van der Waals surface area contributed by atoms with Crippen molar-refractivity contribution in [2.75, 3.05) is 13.2 Å². The quantitative estimate of drug-likeness (QED) is 0.354. The molecule has 2 heterocycles. The normalized spacial score (nSPS) is 16.1. The van der Waals surface area contributed by atoms with Crippen LogP contribution in [-0.2, 0) is 39.6 Å². The number of carbonyl (C=O) groups excluding carboxylic acids is 1. The van der Waals surface area contributed by atoms with E-state index in [1.807, 2.05) is 0 Å². The van der Waals surface area contributed by atoms with Gasteiger partial charge >= 0.3 is 6.18 Å². The second-order valence-electron chi connectivity index (χ2n) is 9.02. The minimum absolute atomic E-state index is 0.00776. The monoisotopic (exact) mass is 553 g/mol. The minimum atomic E-state index is -4.52. The average Bonchev–Trinajstić information content (AvgIpc) is 3.54. The van der Waals surface area contributed by atoms with Crippen molar-refractivity contribution in [3.05, 3.63) is 82.9 Å². The maximum Gasteiger partial charge on any atom is 0.416 e. The van der Waals surface area contributed by atoms with Gasteiger partial charge in [-0.2, -0.15) is 13.2 Å². The number of rotatable bonds is 9. The fourth-order valence-corrected chi connectivity index (χ4v) is 5.86. The number of imidazole rings is 1. The molecule has 1 atom stereocenters. The number of nitrogens with zero attached hydrogens (tertiary/aromatic N) is 3. The largest absolute Gasteiger partial charge is 0.416 e. The van der Waals surface area contributed by atoms with Crippen molar-refractivity contribution in [1.29, 1.82) is 0 Å². The van der Waals surface area contributed by atoms with Crippen molar-refractivity contribution in [1.82, 2.24) is 14.5 Å². The molecule has 1 aliphatic rings. The highest BCUT2D eigenvalue weighted by Gasteiger charge is 2.31. The average molecular weight is 554 g/mol. The van der Waals surface area contributed by atoms with Gasteiger partial charge < -0.3 is 14.2 Å². The Hall–Kier alpha value is -3.25. The van der Waals surface area contributed by atoms with E-state index in [0.29, 0.717) is 18.7 Å². The van der Waals surface area contributed by atoms with Gasteiger partial charge in [0.2, 0.25) is 15.0 Å². The summed E-state index contributed by atoms with van der Waals surface area (Å²) in [6.45, 7) is 2.60. The van der Waals surface area contributed by atoms with Crippen LogP contribution < -0.4 is 0 Å². The molecular weight excluding hydrogens is 526 g/mol. The predicted molar refractivity (Wildman–Crippen MR) is 130 cm³/mol. The molecule has 204 valence electrons. The lowest BCUT2D eigenvalue weighted by Gasteiger charge is -2.23. The number of carbonyl (C=O) groups is 1. The molecule has 12 heteroatoms. The van der Waals surface area contributed by atoms with Crippen LogP contribution in [0.15, 0.2) is 59.9 Å². The molecule has 1 fully saturated rings. The summed E-state index contributed by atoms with van der Waals surface area (Å²) in [5.74, 6) is -1.75. The number of ether oxygens (including phenoxy) is 1. The van der Waals surface area contributed by atoms with E-state index >= 15 is 0 Å². The third kappa shape index (κ3) is 6.24. The van der Waals surface area contributed by atoms with E-state index in [4.69, 9.17) is 4.74 Å². The van der Waals surface area contributed by atoms with Crippen LogP contribution in [0.4, 0.5) is 17.6 Å². The highest BCUT2D eigenvalue weighted by Crippen LogP contribution is 2.29. The van der Waals surface area contributed by atoms with Crippen LogP contribution in [0, 0.1) is 5.82 Å². The van der Waals surface area contributed by atoms with Gasteiger partial charge in [-0.15, -0.1) is 0 Å². The summed E-state index contributed by atoms with van der Waals surface area (Å²) in [7, 11) is -4.07. The van der Waals surface area contributed by atoms with E-state index in [2.05, 4.69) is 4.98 Å². The van der Waals surface area contributed by atoms with Crippen molar-refractivity contribution in [2.24, 2.45) is 0 Å². The van der Waals surface area contributed by atoms with E-state index in [1.54, 1.807) is 13.0 Å². The molecular formula is C26H27F4N3O4S. The smallest absolute Gasteiger partial charge is 0.376 e. The molecule has 0 radical (unpaired) electrons. The van der Waals surface area contributed by atoms with Crippen LogP contribution in [0.5, 0.6) is 0 Å². The summed E-state index contributed by atoms with van der Waals surface area (Å²) in [5, 5.41) is -0.260. The Morgan fingerprint density at radius 2 is 1.87 bits per heavy atom. The number of halogens is 4. The first kappa shape index (κ1) is 27.8. The molecule has 1 saturated heterocycles. The number of hydrogen-bond acceptors (Lipinski definition) is 5. The summed E-state index contributed by atoms with van der Waals surface area (Å²) in [5.41, 5.74) is -0.378. The highest BCUT2D eigenvalue weighted by molar-refractivity contribution is 7.90. The van der Waals surface area contributed by atoms with Gasteiger partial charge in [-0.1, -0.05) is 18.2 Å². The molecule has 4 rings (SSSR count). The zero-order valence-corrected chi connectivity index (χ0v) is 21.4. The Morgan fingerprint density at radius 1 is 1.16 bits per heavy atom. The van der Waals surface area contributed by atoms with Crippen LogP contribution >= 0.6 is 0 Å². The Labute approximate surface area is 218 Å². The van der Waals surface area contributed by atoms with Crippen molar-refractivity contribution in [3.8, 4) is 0 Å². The van der Waals surface area contributed by atoms with Crippen molar-refractivity contribution in [3.63, 3.8) is 0 Å². The topological polar surface area (TPSA) is 81.5 Å². The molecule has 3 aromatic rings. The lowest BCUT2D eigenvalue weighted by molar-refractivity contribution is -0.137. The fourth-order valence-electron chi connectivity index (χ4n) is 4.35. The Balaban J connectivity index is 1.63. The molecule has 1 unspecified atom stereocenters. The van der Waals surface area contributed by atoms with E-state index in [0.717, 1.165) is 30.7 Å². The van der Waals surface area contributed by atoms with E-state index in [-0.39, 0.29) is 42.0 Å². The molecule has 1 aromatic heterocycles. The summed E-state index contributed by atoms with van der Waals surface area (Å²) >= 11 is 0. The van der Waals surface area contributed by atoms with Crippen LogP contribution in [0.1, 0.15) is 46.9 Å². The summed E-state index contributed by atoms with van der Waals surface area (Å²) in [6.07, 6.45) is -1.89. The van der Waals surface area contributed by atoms with Gasteiger partial charge in [-0.3, -0.25) is 4.79 Å². The zero-order valence-electron chi connectivity index (χ0n) is 20.6. The molecule has 0 spiro atoms. The van der Waals surface area contributed by atoms with Gasteiger partial charge in [-0.25, -0.2) is 17.8 Å². The molecule has 0 aliphatic carbocycles. The molecule has 0 saturated carbocycles. The lowest BCUT2D eigenvalue weighted by atomic mass is 10.1. The molecule has 2 aromatic carbocycles. The maximum absolute atomic E-state index is 14.2. The van der Waals surface area contributed by atoms with Gasteiger partial charge in [0.05, 0.1) is 42.4 Å². The van der Waals surface area contributed by atoms with E-state index in [9.17, 15) is 30.8 Å². The van der Waals surface area contributed by atoms with Crippen LogP contribution in [0.2, 0.25) is 0 Å². The number of sulfone groups is 1. The molecule has 1 amide bonds. The summed E-state index contributed by atoms with van der Waals surface area (Å²) in [4.78, 5) is 18.6. The number of hydrogen-bond donors (Lipinski definition) is 0. The van der Waals surface area contributed by atoms with Crippen molar-refractivity contribution in [2.45, 2.75) is 56.0 Å². The highest BCUT2D eigenvalue weighted by atomic mass is 32.2. The molecule has 0 N–H and O–H groups in total. The second kappa shape index (κ2) is 11.2. The first-order valence-corrected chi connectivity index (χ1v) is 13.7. The van der Waals surface area contributed by atoms with Crippen LogP contribution in [0.3, 0.4) is 0 Å². The minimum Gasteiger partial charge on any atom is -0.376 e. The van der Waals surface area contributed by atoms with E-state index in [1.165, 1.54) is 33.9 Å². The zero-order chi connectivity index (χ0) is 27.5. The number of alkyl halides is 3. The number of benzene rings is 2. The van der Waals surface area contributed by atoms with Gasteiger partial charge in [0.15, 0.2) is 0 Å². The second-order valence-corrected chi connectivity index (χ2v) is 10.9. The molecule has 7 nitrogen and oxygen atoms in total. The SMILES string of the molecule is CCN(Cc1cnc(S(=O)(=O)Cc2ccccc2F)n1CC1CCCO1)C(=O)c1ccc(C(F)(F)F)cc1. The Bertz CT molecular complexity index is 1380. The third-order valence-electron chi connectivity index (χ3n) is 6.37. The summed E-state index contributed by atoms with van der Waals surface area (Å²) < 4.78 is 86.8. The first-order valence-electron chi connectivity index (χ1n) is 12.1. The van der Waals surface area contributed by atoms with Crippen LogP contribution in [-0.4, -0.2) is 48.0 Å². The molecule has 38 heavy (non-hydrogen) atoms. The predicted octanol–water partition coefficient (Wildman–Crippen LogP) is 4.86. The van der Waals surface area contributed by atoms with E-state index < -0.39 is 39.1 Å². The summed E-state index contributed by atoms with van der Waals surface area (Å²) in [6, 6.07) is 9.50. The van der Waals surface area contributed by atoms with Crippen LogP contribution in [0.25, 0.3) is 0 Å². The lowest BCUT2D eigenvalue weighted by Crippen LogP contribution is -2.32. The molecule has 1 aliphatic heterocycles. The maximum atomic E-state index is 14.2. The Morgan fingerprint density at radius 3 is 2.47 bits per heavy atom. The standard InChI is InChI=1S/C26H27F4N3O4S/c1-2-32(24(34)18-9-11-20(12-10-18)26(28,29)30)15-21-14-31-25(33(21)16-22-7-5-13-37-22)38(35,36)17-19-6-3-4-8-23(19)27/h3-4,6,8-12,14,22H,2,5,7,13,15-17H2,1H3. The Kier molecular flexibility index (Phi) is 8.22. The third-order valence-corrected chi connectivity index (χ3v) is 7.95. The van der Waals surface area contributed by atoms with Gasteiger partial charge in [0.1, 0.15) is 5.82 Å². The fraction of sp³-hybridized carbons (Fsp3) is 0.385. The van der Waals surface area contributed by atoms with Crippen molar-refractivity contribution < 1.29 is 35.5 Å². The number of amides is 1. The van der Waals surface area contributed by atoms with Gasteiger partial charge in [0.25, 0.3) is 5.91 Å². The van der Waals surface area contributed by atoms with Gasteiger partial charge in [-0.05, 0) is 50.1 Å². The number of aromatic nitrogens is 2. The van der Waals surface area contributed by atoms with Crippen molar-refractivity contribution >= 4 is 15.7 Å². The van der Waals surface area contributed by atoms with Gasteiger partial charge in [0, 0.05) is 24.3 Å². The molecule has 0 bridgehead atoms. The first-order chi connectivity index (χ1) is 18.0.